The number of amides is 2. The van der Waals surface area contributed by atoms with E-state index in [4.69, 9.17) is 0 Å². The number of alkyl halides is 1. The van der Waals surface area contributed by atoms with Gasteiger partial charge >= 0.3 is 5.97 Å². The van der Waals surface area contributed by atoms with Gasteiger partial charge in [-0.3, -0.25) is 9.59 Å². The van der Waals surface area contributed by atoms with Crippen molar-refractivity contribution in [1.29, 1.82) is 0 Å². The highest BCUT2D eigenvalue weighted by molar-refractivity contribution is 8.03. The normalized spacial score (nSPS) is 33.2. The van der Waals surface area contributed by atoms with Gasteiger partial charge in [-0.1, -0.05) is 6.92 Å². The van der Waals surface area contributed by atoms with Crippen molar-refractivity contribution in [2.75, 3.05) is 46.9 Å². The number of likely N-dealkylation sites (tertiary alicyclic amines) is 1. The Labute approximate surface area is 197 Å². The zero-order chi connectivity index (χ0) is 24.2. The van der Waals surface area contributed by atoms with Gasteiger partial charge in [0.2, 0.25) is 11.8 Å². The summed E-state index contributed by atoms with van der Waals surface area (Å²) in [6.45, 7) is 5.33. The molecule has 4 aliphatic heterocycles. The zero-order valence-electron chi connectivity index (χ0n) is 19.5. The van der Waals surface area contributed by atoms with Crippen molar-refractivity contribution in [3.8, 4) is 0 Å². The first-order chi connectivity index (χ1) is 15.5. The largest absolute Gasteiger partial charge is 0.477 e. The van der Waals surface area contributed by atoms with Crippen molar-refractivity contribution in [2.45, 2.75) is 49.7 Å². The second-order valence-electron chi connectivity index (χ2n) is 10.3. The summed E-state index contributed by atoms with van der Waals surface area (Å²) < 4.78 is 13.3. The number of carboxylic acids is 1. The molecule has 0 bridgehead atoms. The number of carbonyl (C=O) groups is 3. The molecule has 0 spiro atoms. The molecule has 0 aromatic heterocycles. The molecule has 0 radical (unpaired) electrons. The topological polar surface area (TPSA) is 110 Å². The number of hydrogen-bond acceptors (Lipinski definition) is 6. The number of carbonyl (C=O) groups excluding carboxylic acids is 2. The van der Waals surface area contributed by atoms with E-state index in [1.807, 2.05) is 25.9 Å². The Morgan fingerprint density at radius 3 is 2.58 bits per heavy atom. The molecule has 0 aromatic carbocycles. The van der Waals surface area contributed by atoms with Gasteiger partial charge in [-0.25, -0.2) is 9.18 Å². The Morgan fingerprint density at radius 1 is 1.33 bits per heavy atom. The number of aliphatic hydroxyl groups excluding tert-OH is 1. The molecule has 4 aliphatic rings. The molecule has 4 heterocycles. The third-order valence-corrected chi connectivity index (χ3v) is 9.33. The molecule has 2 amide bonds. The average Bonchev–Trinajstić information content (AvgIpc) is 3.22. The number of likely N-dealkylation sites (N-methyl/N-ethyl adjacent to an activating group) is 1. The summed E-state index contributed by atoms with van der Waals surface area (Å²) in [5.41, 5.74) is 0.0209. The number of fused-ring (bicyclic) bond motifs is 1. The van der Waals surface area contributed by atoms with Crippen molar-refractivity contribution in [3.05, 3.63) is 10.6 Å². The summed E-state index contributed by atoms with van der Waals surface area (Å²) in [4.78, 5) is 41.2. The minimum absolute atomic E-state index is 0.0142. The van der Waals surface area contributed by atoms with E-state index in [-0.39, 0.29) is 53.5 Å². The van der Waals surface area contributed by atoms with Crippen molar-refractivity contribution in [2.24, 2.45) is 11.8 Å². The Balaban J connectivity index is 1.37. The molecular weight excluding hydrogens is 451 g/mol. The number of nitrogens with zero attached hydrogens (tertiary/aromatic N) is 3. The second kappa shape index (κ2) is 8.83. The molecule has 11 heteroatoms. The maximum absolute atomic E-state index is 12.9. The molecule has 3 fully saturated rings. The summed E-state index contributed by atoms with van der Waals surface area (Å²) in [5.74, 6) is -2.20. The summed E-state index contributed by atoms with van der Waals surface area (Å²) in [6.07, 6.45) is -0.251. The van der Waals surface area contributed by atoms with Gasteiger partial charge in [-0.15, -0.1) is 11.8 Å². The van der Waals surface area contributed by atoms with Crippen LogP contribution in [-0.4, -0.2) is 119 Å². The van der Waals surface area contributed by atoms with Gasteiger partial charge in [0.1, 0.15) is 25.0 Å². The summed E-state index contributed by atoms with van der Waals surface area (Å²) in [5, 5.41) is 23.1. The first-order valence-electron chi connectivity index (χ1n) is 11.5. The second-order valence-corrected chi connectivity index (χ2v) is 11.6. The fourth-order valence-corrected chi connectivity index (χ4v) is 7.02. The fourth-order valence-electron chi connectivity index (χ4n) is 5.54. The number of β-lactam (4-membered cyclic amide) rings is 1. The van der Waals surface area contributed by atoms with Crippen molar-refractivity contribution >= 4 is 29.5 Å². The SMILES string of the molecule is C[C@@H](O)[C@H]1C(=O)N2C(C(=O)O)=C(S[C@@H]3CN[C@H](C(=O)N4CC([N+](C)(C)CCF)C4)C3)[C@H](C)[C@H]12. The van der Waals surface area contributed by atoms with Crippen LogP contribution < -0.4 is 5.32 Å². The Bertz CT molecular complexity index is 875. The van der Waals surface area contributed by atoms with Crippen LogP contribution in [0.2, 0.25) is 0 Å². The monoisotopic (exact) mass is 485 g/mol. The number of aliphatic carboxylic acids is 1. The highest BCUT2D eigenvalue weighted by atomic mass is 32.2. The number of aliphatic hydroxyl groups is 1. The number of hydrogen-bond donors (Lipinski definition) is 3. The van der Waals surface area contributed by atoms with E-state index in [1.54, 1.807) is 6.92 Å². The van der Waals surface area contributed by atoms with E-state index >= 15 is 0 Å². The summed E-state index contributed by atoms with van der Waals surface area (Å²) in [6, 6.07) is -0.417. The van der Waals surface area contributed by atoms with Crippen LogP contribution in [0, 0.1) is 11.8 Å². The van der Waals surface area contributed by atoms with Gasteiger partial charge in [-0.2, -0.15) is 0 Å². The van der Waals surface area contributed by atoms with Crippen LogP contribution in [0.15, 0.2) is 10.6 Å². The van der Waals surface area contributed by atoms with Gasteiger partial charge in [0, 0.05) is 22.6 Å². The first kappa shape index (κ1) is 24.4. The van der Waals surface area contributed by atoms with Gasteiger partial charge in [0.05, 0.1) is 51.3 Å². The standard InChI is InChI=1S/C22H33FN4O5S/c1-11-17-16(12(2)28)21(30)26(17)18(22(31)32)19(11)33-14-7-15(24-8-14)20(29)25-9-13(10-25)27(3,4)6-5-23/h11-17,24,28H,5-10H2,1-4H3/p+1/t11-,12-,14+,15+,16-,17-/m1/s1. The van der Waals surface area contributed by atoms with E-state index in [9.17, 15) is 29.0 Å². The predicted octanol–water partition coefficient (Wildman–Crippen LogP) is -0.139. The lowest BCUT2D eigenvalue weighted by Crippen LogP contribution is -2.68. The van der Waals surface area contributed by atoms with Gasteiger partial charge in [-0.05, 0) is 13.3 Å². The fraction of sp³-hybridized carbons (Fsp3) is 0.773. The third-order valence-electron chi connectivity index (χ3n) is 7.82. The van der Waals surface area contributed by atoms with Gasteiger partial charge in [0.25, 0.3) is 0 Å². The summed E-state index contributed by atoms with van der Waals surface area (Å²) in [7, 11) is 3.97. The van der Waals surface area contributed by atoms with Crippen molar-refractivity contribution in [1.82, 2.24) is 15.1 Å². The van der Waals surface area contributed by atoms with E-state index in [0.29, 0.717) is 42.0 Å². The van der Waals surface area contributed by atoms with E-state index in [1.165, 1.54) is 16.7 Å². The molecule has 0 aromatic rings. The number of thioether (sulfide) groups is 1. The molecule has 3 N–H and O–H groups in total. The van der Waals surface area contributed by atoms with Crippen molar-refractivity contribution < 1.29 is 33.5 Å². The molecule has 4 rings (SSSR count). The molecule has 0 unspecified atom stereocenters. The Hall–Kier alpha value is -1.69. The maximum atomic E-state index is 12.9. The van der Waals surface area contributed by atoms with E-state index < -0.39 is 18.0 Å². The lowest BCUT2D eigenvalue weighted by Gasteiger charge is -2.48. The Kier molecular flexibility index (Phi) is 6.54. The van der Waals surface area contributed by atoms with Crippen LogP contribution in [-0.2, 0) is 14.4 Å². The van der Waals surface area contributed by atoms with Crippen LogP contribution in [0.4, 0.5) is 4.39 Å². The highest BCUT2D eigenvalue weighted by Gasteiger charge is 2.60. The smallest absolute Gasteiger partial charge is 0.353 e. The molecule has 184 valence electrons. The number of carboxylic acid groups (broad SMARTS) is 1. The van der Waals surface area contributed by atoms with Crippen LogP contribution in [0.5, 0.6) is 0 Å². The molecule has 9 nitrogen and oxygen atoms in total. The zero-order valence-corrected chi connectivity index (χ0v) is 20.3. The van der Waals surface area contributed by atoms with Gasteiger partial charge in [0.15, 0.2) is 0 Å². The number of halogens is 1. The number of quaternary nitrogens is 1. The average molecular weight is 486 g/mol. The van der Waals surface area contributed by atoms with Crippen LogP contribution in [0.3, 0.4) is 0 Å². The minimum atomic E-state index is -1.14. The molecule has 0 aliphatic carbocycles. The number of nitrogens with one attached hydrogen (secondary N) is 1. The van der Waals surface area contributed by atoms with Crippen LogP contribution in [0.25, 0.3) is 0 Å². The predicted molar refractivity (Wildman–Crippen MR) is 121 cm³/mol. The lowest BCUT2D eigenvalue weighted by atomic mass is 9.79. The molecule has 0 saturated carbocycles. The molecule has 6 atom stereocenters. The maximum Gasteiger partial charge on any atom is 0.353 e. The quantitative estimate of drug-likeness (QED) is 0.324. The van der Waals surface area contributed by atoms with E-state index in [2.05, 4.69) is 5.32 Å². The Morgan fingerprint density at radius 2 is 2.00 bits per heavy atom. The van der Waals surface area contributed by atoms with Crippen LogP contribution >= 0.6 is 11.8 Å². The minimum Gasteiger partial charge on any atom is -0.477 e. The molecule has 3 saturated heterocycles. The van der Waals surface area contributed by atoms with Crippen molar-refractivity contribution in [3.63, 3.8) is 0 Å². The lowest BCUT2D eigenvalue weighted by molar-refractivity contribution is -0.919. The highest BCUT2D eigenvalue weighted by Crippen LogP contribution is 2.51. The number of rotatable bonds is 8. The van der Waals surface area contributed by atoms with Gasteiger partial charge < -0.3 is 29.8 Å². The molecular formula is C22H34FN4O5S+. The van der Waals surface area contributed by atoms with E-state index in [0.717, 1.165) is 0 Å². The van der Waals surface area contributed by atoms with Crippen LogP contribution in [0.1, 0.15) is 20.3 Å². The first-order valence-corrected chi connectivity index (χ1v) is 12.4. The third kappa shape index (κ3) is 4.06. The molecule has 33 heavy (non-hydrogen) atoms. The summed E-state index contributed by atoms with van der Waals surface area (Å²) >= 11 is 1.44.